The van der Waals surface area contributed by atoms with E-state index in [-0.39, 0.29) is 5.91 Å². The Morgan fingerprint density at radius 1 is 1.42 bits per heavy atom. The van der Waals surface area contributed by atoms with Crippen LogP contribution >= 0.6 is 31.9 Å². The highest BCUT2D eigenvalue weighted by Crippen LogP contribution is 2.31. The zero-order valence-electron chi connectivity index (χ0n) is 10.1. The molecular formula is C12H12Br2N4O. The lowest BCUT2D eigenvalue weighted by atomic mass is 10.1. The molecule has 1 unspecified atom stereocenters. The number of hydrogen-bond donors (Lipinski definition) is 2. The van der Waals surface area contributed by atoms with Gasteiger partial charge in [-0.2, -0.15) is 5.10 Å². The van der Waals surface area contributed by atoms with Gasteiger partial charge in [0.15, 0.2) is 0 Å². The maximum absolute atomic E-state index is 12.1. The van der Waals surface area contributed by atoms with Gasteiger partial charge in [-0.15, -0.1) is 0 Å². The number of nitrogens with one attached hydrogen (secondary N) is 1. The van der Waals surface area contributed by atoms with Crippen LogP contribution in [0.2, 0.25) is 0 Å². The predicted octanol–water partition coefficient (Wildman–Crippen LogP) is 2.58. The van der Waals surface area contributed by atoms with Crippen molar-refractivity contribution in [1.82, 2.24) is 9.78 Å². The van der Waals surface area contributed by atoms with Gasteiger partial charge in [0.2, 0.25) is 5.91 Å². The van der Waals surface area contributed by atoms with E-state index in [1.54, 1.807) is 24.1 Å². The Balaban J connectivity index is 2.17. The largest absolute Gasteiger partial charge is 0.322 e. The van der Waals surface area contributed by atoms with Crippen LogP contribution < -0.4 is 11.1 Å². The molecular weight excluding hydrogens is 376 g/mol. The van der Waals surface area contributed by atoms with E-state index in [9.17, 15) is 4.79 Å². The summed E-state index contributed by atoms with van der Waals surface area (Å²) in [7, 11) is 1.78. The first-order valence-electron chi connectivity index (χ1n) is 5.48. The molecule has 0 fully saturated rings. The van der Waals surface area contributed by atoms with E-state index in [1.165, 1.54) is 0 Å². The van der Waals surface area contributed by atoms with Crippen LogP contribution in [0.4, 0.5) is 5.69 Å². The van der Waals surface area contributed by atoms with Gasteiger partial charge in [0.1, 0.15) is 6.04 Å². The molecule has 1 atom stereocenters. The maximum atomic E-state index is 12.1. The van der Waals surface area contributed by atoms with Gasteiger partial charge in [-0.25, -0.2) is 0 Å². The second-order valence-corrected chi connectivity index (χ2v) is 5.72. The summed E-state index contributed by atoms with van der Waals surface area (Å²) >= 11 is 6.77. The zero-order valence-corrected chi connectivity index (χ0v) is 13.3. The number of aromatic nitrogens is 2. The Labute approximate surface area is 127 Å². The summed E-state index contributed by atoms with van der Waals surface area (Å²) in [5.74, 6) is -0.291. The smallest absolute Gasteiger partial charge is 0.246 e. The normalized spacial score (nSPS) is 12.2. The number of anilines is 1. The maximum Gasteiger partial charge on any atom is 0.246 e. The van der Waals surface area contributed by atoms with Crippen molar-refractivity contribution in [1.29, 1.82) is 0 Å². The zero-order chi connectivity index (χ0) is 14.0. The van der Waals surface area contributed by atoms with Crippen LogP contribution in [0.15, 0.2) is 39.5 Å². The number of nitrogens with two attached hydrogens (primary N) is 1. The fourth-order valence-electron chi connectivity index (χ4n) is 1.57. The van der Waals surface area contributed by atoms with Gasteiger partial charge in [0.05, 0.1) is 11.9 Å². The molecule has 0 bridgehead atoms. The molecule has 2 rings (SSSR count). The predicted molar refractivity (Wildman–Crippen MR) is 80.6 cm³/mol. The fraction of sp³-hybridized carbons (Fsp3) is 0.167. The minimum absolute atomic E-state index is 0.291. The van der Waals surface area contributed by atoms with Gasteiger partial charge in [-0.3, -0.25) is 9.48 Å². The third-order valence-electron chi connectivity index (χ3n) is 2.58. The highest BCUT2D eigenvalue weighted by molar-refractivity contribution is 9.11. The van der Waals surface area contributed by atoms with Crippen molar-refractivity contribution in [2.24, 2.45) is 12.8 Å². The first kappa shape index (κ1) is 14.2. The molecule has 5 nitrogen and oxygen atoms in total. The topological polar surface area (TPSA) is 72.9 Å². The second-order valence-electron chi connectivity index (χ2n) is 4.01. The van der Waals surface area contributed by atoms with E-state index in [1.807, 2.05) is 18.2 Å². The number of halogens is 2. The van der Waals surface area contributed by atoms with E-state index in [2.05, 4.69) is 42.3 Å². The number of aryl methyl sites for hydroxylation is 1. The van der Waals surface area contributed by atoms with Gasteiger partial charge in [-0.1, -0.05) is 6.07 Å². The molecule has 2 aromatic rings. The summed E-state index contributed by atoms with van der Waals surface area (Å²) in [4.78, 5) is 12.1. The first-order valence-corrected chi connectivity index (χ1v) is 7.06. The standard InChI is InChI=1S/C12H12Br2N4O/c1-18-6-7(5-16-18)10(15)12(19)17-11-8(13)3-2-4-9(11)14/h2-6,10H,15H2,1H3,(H,17,19). The number of benzene rings is 1. The number of rotatable bonds is 3. The van der Waals surface area contributed by atoms with Crippen LogP contribution in [0.3, 0.4) is 0 Å². The van der Waals surface area contributed by atoms with Gasteiger partial charge in [-0.05, 0) is 44.0 Å². The molecule has 1 aromatic heterocycles. The number of carbonyl (C=O) groups is 1. The molecule has 0 spiro atoms. The average Bonchev–Trinajstić information content (AvgIpc) is 2.79. The Bertz CT molecular complexity index is 591. The molecule has 19 heavy (non-hydrogen) atoms. The summed E-state index contributed by atoms with van der Waals surface area (Å²) in [5, 5.41) is 6.79. The molecule has 0 radical (unpaired) electrons. The lowest BCUT2D eigenvalue weighted by Gasteiger charge is -2.13. The summed E-state index contributed by atoms with van der Waals surface area (Å²) in [5.41, 5.74) is 7.23. The van der Waals surface area contributed by atoms with Crippen LogP contribution in [-0.4, -0.2) is 15.7 Å². The molecule has 0 aliphatic heterocycles. The van der Waals surface area contributed by atoms with Crippen LogP contribution in [0.1, 0.15) is 11.6 Å². The lowest BCUT2D eigenvalue weighted by Crippen LogP contribution is -2.27. The van der Waals surface area contributed by atoms with Gasteiger partial charge < -0.3 is 11.1 Å². The van der Waals surface area contributed by atoms with Crippen LogP contribution in [0, 0.1) is 0 Å². The number of nitrogens with zero attached hydrogens (tertiary/aromatic N) is 2. The SMILES string of the molecule is Cn1cc(C(N)C(=O)Nc2c(Br)cccc2Br)cn1. The highest BCUT2D eigenvalue weighted by atomic mass is 79.9. The van der Waals surface area contributed by atoms with Crippen LogP contribution in [0.5, 0.6) is 0 Å². The number of para-hydroxylation sites is 1. The van der Waals surface area contributed by atoms with Crippen molar-refractivity contribution in [2.45, 2.75) is 6.04 Å². The molecule has 1 aromatic carbocycles. The molecule has 0 saturated heterocycles. The van der Waals surface area contributed by atoms with Crippen molar-refractivity contribution < 1.29 is 4.79 Å². The summed E-state index contributed by atoms with van der Waals surface area (Å²) in [6.45, 7) is 0. The fourth-order valence-corrected chi connectivity index (χ4v) is 2.77. The van der Waals surface area contributed by atoms with E-state index < -0.39 is 6.04 Å². The molecule has 0 aliphatic carbocycles. The molecule has 1 heterocycles. The van der Waals surface area contributed by atoms with Gasteiger partial charge in [0.25, 0.3) is 0 Å². The Morgan fingerprint density at radius 3 is 2.58 bits per heavy atom. The van der Waals surface area contributed by atoms with E-state index >= 15 is 0 Å². The number of carbonyl (C=O) groups excluding carboxylic acids is 1. The van der Waals surface area contributed by atoms with Crippen molar-refractivity contribution in [3.8, 4) is 0 Å². The van der Waals surface area contributed by atoms with E-state index in [4.69, 9.17) is 5.73 Å². The summed E-state index contributed by atoms with van der Waals surface area (Å²) in [6.07, 6.45) is 3.30. The lowest BCUT2D eigenvalue weighted by molar-refractivity contribution is -0.117. The van der Waals surface area contributed by atoms with Crippen molar-refractivity contribution in [3.05, 3.63) is 45.1 Å². The number of hydrogen-bond acceptors (Lipinski definition) is 3. The molecule has 0 saturated carbocycles. The van der Waals surface area contributed by atoms with E-state index in [0.717, 1.165) is 8.95 Å². The highest BCUT2D eigenvalue weighted by Gasteiger charge is 2.19. The van der Waals surface area contributed by atoms with Crippen LogP contribution in [-0.2, 0) is 11.8 Å². The minimum atomic E-state index is -0.757. The third kappa shape index (κ3) is 3.23. The Kier molecular flexibility index (Phi) is 4.38. The monoisotopic (exact) mass is 386 g/mol. The molecule has 7 heteroatoms. The Morgan fingerprint density at radius 2 is 2.05 bits per heavy atom. The Hall–Kier alpha value is -1.18. The molecule has 0 aliphatic rings. The van der Waals surface area contributed by atoms with Crippen LogP contribution in [0.25, 0.3) is 0 Å². The van der Waals surface area contributed by atoms with E-state index in [0.29, 0.717) is 11.3 Å². The third-order valence-corrected chi connectivity index (χ3v) is 3.90. The summed E-state index contributed by atoms with van der Waals surface area (Å²) in [6, 6.07) is 4.80. The summed E-state index contributed by atoms with van der Waals surface area (Å²) < 4.78 is 3.18. The molecule has 100 valence electrons. The molecule has 1 amide bonds. The number of amides is 1. The quantitative estimate of drug-likeness (QED) is 0.849. The first-order chi connectivity index (χ1) is 8.99. The second kappa shape index (κ2) is 5.85. The van der Waals surface area contributed by atoms with Crippen molar-refractivity contribution in [2.75, 3.05) is 5.32 Å². The van der Waals surface area contributed by atoms with Crippen molar-refractivity contribution in [3.63, 3.8) is 0 Å². The van der Waals surface area contributed by atoms with Crippen molar-refractivity contribution >= 4 is 43.5 Å². The van der Waals surface area contributed by atoms with Gasteiger partial charge >= 0.3 is 0 Å². The molecule has 3 N–H and O–H groups in total. The minimum Gasteiger partial charge on any atom is -0.322 e. The van der Waals surface area contributed by atoms with Gasteiger partial charge in [0, 0.05) is 27.8 Å². The average molecular weight is 388 g/mol.